The average Bonchev–Trinajstić information content (AvgIpc) is 2.75. The van der Waals surface area contributed by atoms with Gasteiger partial charge in [0.15, 0.2) is 5.69 Å². The Balaban J connectivity index is 2.75. The van der Waals surface area contributed by atoms with Crippen molar-refractivity contribution in [3.63, 3.8) is 0 Å². The molecule has 20 heavy (non-hydrogen) atoms. The van der Waals surface area contributed by atoms with Gasteiger partial charge >= 0.3 is 5.97 Å². The monoisotopic (exact) mass is 274 g/mol. The number of aromatic carboxylic acids is 1. The molecule has 1 heterocycles. The van der Waals surface area contributed by atoms with Crippen molar-refractivity contribution in [3.05, 3.63) is 34.5 Å². The molecule has 0 spiro atoms. The molecular formula is C15H18N2O3. The first-order chi connectivity index (χ1) is 9.36. The number of carbonyl (C=O) groups is 1. The first-order valence-corrected chi connectivity index (χ1v) is 6.29. The van der Waals surface area contributed by atoms with Crippen LogP contribution in [0.2, 0.25) is 0 Å². The van der Waals surface area contributed by atoms with Crippen molar-refractivity contribution < 1.29 is 14.6 Å². The second kappa shape index (κ2) is 5.00. The second-order valence-electron chi connectivity index (χ2n) is 4.89. The summed E-state index contributed by atoms with van der Waals surface area (Å²) in [5.74, 6) is -0.269. The Kier molecular flexibility index (Phi) is 3.53. The Morgan fingerprint density at radius 3 is 2.40 bits per heavy atom. The molecule has 0 atom stereocenters. The number of methoxy groups -OCH3 is 1. The van der Waals surface area contributed by atoms with E-state index in [2.05, 4.69) is 11.2 Å². The zero-order valence-electron chi connectivity index (χ0n) is 12.3. The Labute approximate surface area is 117 Å². The van der Waals surface area contributed by atoms with Gasteiger partial charge in [-0.25, -0.2) is 4.79 Å². The minimum Gasteiger partial charge on any atom is -0.496 e. The lowest BCUT2D eigenvalue weighted by Crippen LogP contribution is -2.01. The topological polar surface area (TPSA) is 64.3 Å². The molecule has 0 saturated carbocycles. The normalized spacial score (nSPS) is 10.7. The van der Waals surface area contributed by atoms with Gasteiger partial charge < -0.3 is 9.84 Å². The number of aromatic nitrogens is 2. The van der Waals surface area contributed by atoms with E-state index >= 15 is 0 Å². The van der Waals surface area contributed by atoms with Crippen LogP contribution in [-0.2, 0) is 7.05 Å². The highest BCUT2D eigenvalue weighted by Gasteiger charge is 2.19. The van der Waals surface area contributed by atoms with E-state index in [1.807, 2.05) is 20.8 Å². The molecule has 0 radical (unpaired) electrons. The molecule has 0 unspecified atom stereocenters. The van der Waals surface area contributed by atoms with Gasteiger partial charge in [-0.3, -0.25) is 4.68 Å². The van der Waals surface area contributed by atoms with Crippen molar-refractivity contribution in [2.75, 3.05) is 7.11 Å². The number of carboxylic acids is 1. The number of carboxylic acid groups (broad SMARTS) is 1. The molecule has 2 rings (SSSR count). The third kappa shape index (κ3) is 2.15. The maximum Gasteiger partial charge on any atom is 0.356 e. The second-order valence-corrected chi connectivity index (χ2v) is 4.89. The van der Waals surface area contributed by atoms with Crippen molar-refractivity contribution in [2.24, 2.45) is 7.05 Å². The van der Waals surface area contributed by atoms with E-state index in [1.165, 1.54) is 0 Å². The summed E-state index contributed by atoms with van der Waals surface area (Å²) in [5.41, 5.74) is 4.87. The number of hydrogen-bond acceptors (Lipinski definition) is 3. The number of nitrogens with zero attached hydrogens (tertiary/aromatic N) is 2. The quantitative estimate of drug-likeness (QED) is 0.934. The predicted octanol–water partition coefficient (Wildman–Crippen LogP) is 2.72. The summed E-state index contributed by atoms with van der Waals surface area (Å²) >= 11 is 0. The third-order valence-corrected chi connectivity index (χ3v) is 3.55. The van der Waals surface area contributed by atoms with E-state index in [0.29, 0.717) is 0 Å². The van der Waals surface area contributed by atoms with Crippen molar-refractivity contribution >= 4 is 5.97 Å². The van der Waals surface area contributed by atoms with E-state index in [1.54, 1.807) is 24.9 Å². The summed E-state index contributed by atoms with van der Waals surface area (Å²) in [6, 6.07) is 3.64. The molecule has 1 aromatic heterocycles. The predicted molar refractivity (Wildman–Crippen MR) is 76.4 cm³/mol. The van der Waals surface area contributed by atoms with E-state index in [4.69, 9.17) is 9.84 Å². The van der Waals surface area contributed by atoms with Crippen molar-refractivity contribution in [3.8, 4) is 17.0 Å². The molecule has 106 valence electrons. The van der Waals surface area contributed by atoms with Crippen molar-refractivity contribution in [1.29, 1.82) is 0 Å². The van der Waals surface area contributed by atoms with E-state index in [0.717, 1.165) is 33.7 Å². The molecule has 5 heteroatoms. The summed E-state index contributed by atoms with van der Waals surface area (Å²) in [6.45, 7) is 6.00. The average molecular weight is 274 g/mol. The lowest BCUT2D eigenvalue weighted by atomic mass is 9.96. The molecule has 1 aromatic carbocycles. The van der Waals surface area contributed by atoms with Crippen LogP contribution in [0.3, 0.4) is 0 Å². The maximum absolute atomic E-state index is 11.1. The summed E-state index contributed by atoms with van der Waals surface area (Å²) in [5, 5.41) is 13.1. The van der Waals surface area contributed by atoms with Gasteiger partial charge in [-0.05, 0) is 43.5 Å². The zero-order valence-corrected chi connectivity index (χ0v) is 12.3. The lowest BCUT2D eigenvalue weighted by Gasteiger charge is -2.16. The van der Waals surface area contributed by atoms with Gasteiger partial charge in [0.25, 0.3) is 0 Å². The van der Waals surface area contributed by atoms with Crippen LogP contribution in [0.4, 0.5) is 0 Å². The highest BCUT2D eigenvalue weighted by Crippen LogP contribution is 2.37. The third-order valence-electron chi connectivity index (χ3n) is 3.55. The van der Waals surface area contributed by atoms with E-state index in [9.17, 15) is 4.79 Å². The van der Waals surface area contributed by atoms with E-state index < -0.39 is 5.97 Å². The lowest BCUT2D eigenvalue weighted by molar-refractivity contribution is 0.0689. The number of aryl methyl sites for hydroxylation is 3. The minimum absolute atomic E-state index is 0.0298. The molecule has 0 aliphatic heterocycles. The number of hydrogen-bond donors (Lipinski definition) is 1. The molecule has 2 aromatic rings. The number of benzene rings is 1. The van der Waals surface area contributed by atoms with Gasteiger partial charge in [-0.15, -0.1) is 0 Å². The first kappa shape index (κ1) is 14.1. The van der Waals surface area contributed by atoms with Crippen LogP contribution in [0.25, 0.3) is 11.3 Å². The van der Waals surface area contributed by atoms with Crippen LogP contribution < -0.4 is 4.74 Å². The smallest absolute Gasteiger partial charge is 0.356 e. The minimum atomic E-state index is -1.03. The summed E-state index contributed by atoms with van der Waals surface area (Å²) in [4.78, 5) is 11.1. The molecular weight excluding hydrogens is 256 g/mol. The van der Waals surface area contributed by atoms with Crippen LogP contribution in [0.15, 0.2) is 12.1 Å². The van der Waals surface area contributed by atoms with Gasteiger partial charge in [0.05, 0.1) is 12.8 Å². The van der Waals surface area contributed by atoms with Gasteiger partial charge in [-0.2, -0.15) is 5.10 Å². The van der Waals surface area contributed by atoms with Gasteiger partial charge in [0.2, 0.25) is 0 Å². The fraction of sp³-hybridized carbons (Fsp3) is 0.333. The molecule has 0 aliphatic rings. The molecule has 0 bridgehead atoms. The Morgan fingerprint density at radius 2 is 1.90 bits per heavy atom. The zero-order chi connectivity index (χ0) is 15.0. The number of rotatable bonds is 3. The first-order valence-electron chi connectivity index (χ1n) is 6.29. The SMILES string of the molecule is COc1c(C)c(C)cc(C)c1-c1cc(C(=O)O)nn1C. The molecule has 5 nitrogen and oxygen atoms in total. The summed E-state index contributed by atoms with van der Waals surface area (Å²) in [7, 11) is 3.36. The van der Waals surface area contributed by atoms with Gasteiger partial charge in [0.1, 0.15) is 5.75 Å². The molecule has 0 fully saturated rings. The van der Waals surface area contributed by atoms with Crippen LogP contribution in [0, 0.1) is 20.8 Å². The van der Waals surface area contributed by atoms with Crippen molar-refractivity contribution in [2.45, 2.75) is 20.8 Å². The molecule has 0 aliphatic carbocycles. The van der Waals surface area contributed by atoms with Crippen LogP contribution >= 0.6 is 0 Å². The summed E-state index contributed by atoms with van der Waals surface area (Å²) < 4.78 is 7.10. The van der Waals surface area contributed by atoms with E-state index in [-0.39, 0.29) is 5.69 Å². The van der Waals surface area contributed by atoms with Crippen LogP contribution in [-0.4, -0.2) is 28.0 Å². The Morgan fingerprint density at radius 1 is 1.25 bits per heavy atom. The standard InChI is InChI=1S/C15H18N2O3/c1-8-6-9(2)13(14(20-5)10(8)3)12-7-11(15(18)19)16-17(12)4/h6-7H,1-5H3,(H,18,19). The van der Waals surface area contributed by atoms with Crippen LogP contribution in [0.1, 0.15) is 27.2 Å². The fourth-order valence-corrected chi connectivity index (χ4v) is 2.43. The van der Waals surface area contributed by atoms with Gasteiger partial charge in [-0.1, -0.05) is 6.07 Å². The largest absolute Gasteiger partial charge is 0.496 e. The fourth-order valence-electron chi connectivity index (χ4n) is 2.43. The van der Waals surface area contributed by atoms with Crippen molar-refractivity contribution in [1.82, 2.24) is 9.78 Å². The van der Waals surface area contributed by atoms with Gasteiger partial charge in [0, 0.05) is 12.6 Å². The van der Waals surface area contributed by atoms with Crippen LogP contribution in [0.5, 0.6) is 5.75 Å². The molecule has 0 saturated heterocycles. The molecule has 0 amide bonds. The molecule has 1 N–H and O–H groups in total. The Hall–Kier alpha value is -2.30. The maximum atomic E-state index is 11.1. The highest BCUT2D eigenvalue weighted by atomic mass is 16.5. The highest BCUT2D eigenvalue weighted by molar-refractivity contribution is 5.88. The number of ether oxygens (including phenoxy) is 1. The Bertz CT molecular complexity index is 687. The summed E-state index contributed by atoms with van der Waals surface area (Å²) in [6.07, 6.45) is 0.